The molecule has 1 heterocycles. The second-order valence-electron chi connectivity index (χ2n) is 6.68. The molecule has 1 aromatic carbocycles. The van der Waals surface area contributed by atoms with Crippen molar-refractivity contribution < 1.29 is 14.3 Å². The van der Waals surface area contributed by atoms with Crippen molar-refractivity contribution in [1.29, 1.82) is 0 Å². The van der Waals surface area contributed by atoms with Gasteiger partial charge in [-0.25, -0.2) is 0 Å². The first-order chi connectivity index (χ1) is 10.6. The fraction of sp³-hybridized carbons (Fsp3) is 0.632. The van der Waals surface area contributed by atoms with Crippen LogP contribution < -0.4 is 0 Å². The molecule has 0 amide bonds. The van der Waals surface area contributed by atoms with E-state index in [-0.39, 0.29) is 11.9 Å². The quantitative estimate of drug-likeness (QED) is 0.687. The molecule has 0 spiro atoms. The highest BCUT2D eigenvalue weighted by molar-refractivity contribution is 5.96. The molecule has 0 saturated carbocycles. The van der Waals surface area contributed by atoms with Crippen LogP contribution in [0, 0.1) is 5.92 Å². The Balaban J connectivity index is 1.89. The second-order valence-corrected chi connectivity index (χ2v) is 6.68. The highest BCUT2D eigenvalue weighted by Gasteiger charge is 2.54. The molecule has 122 valence electrons. The monoisotopic (exact) mass is 304 g/mol. The standard InChI is InChI=1S/C19H28O3/c1-4-5-11-19(18(20)17(22-19)12-15(2)3)14-21-13-16-9-7-6-8-10-16/h6-10,15,17H,4-5,11-14H2,1-3H3/t17-,19-/m0/s1. The predicted molar refractivity (Wildman–Crippen MR) is 87.7 cm³/mol. The minimum atomic E-state index is -0.690. The summed E-state index contributed by atoms with van der Waals surface area (Å²) >= 11 is 0. The van der Waals surface area contributed by atoms with Crippen LogP contribution in [0.4, 0.5) is 0 Å². The first kappa shape index (κ1) is 17.2. The summed E-state index contributed by atoms with van der Waals surface area (Å²) in [5.41, 5.74) is 0.434. The third-order valence-corrected chi connectivity index (χ3v) is 4.18. The summed E-state index contributed by atoms with van der Waals surface area (Å²) in [5, 5.41) is 0. The molecule has 1 fully saturated rings. The van der Waals surface area contributed by atoms with Crippen molar-refractivity contribution in [3.05, 3.63) is 35.9 Å². The summed E-state index contributed by atoms with van der Waals surface area (Å²) in [6, 6.07) is 10.0. The Morgan fingerprint density at radius 3 is 2.59 bits per heavy atom. The second kappa shape index (κ2) is 7.89. The van der Waals surface area contributed by atoms with Gasteiger partial charge in [0.05, 0.1) is 13.2 Å². The Morgan fingerprint density at radius 2 is 2.00 bits per heavy atom. The summed E-state index contributed by atoms with van der Waals surface area (Å²) in [7, 11) is 0. The lowest BCUT2D eigenvalue weighted by Gasteiger charge is -2.46. The molecule has 0 radical (unpaired) electrons. The molecule has 1 saturated heterocycles. The van der Waals surface area contributed by atoms with Crippen LogP contribution in [0.3, 0.4) is 0 Å². The van der Waals surface area contributed by atoms with E-state index in [1.807, 2.05) is 30.3 Å². The van der Waals surface area contributed by atoms with Crippen LogP contribution in [-0.4, -0.2) is 24.1 Å². The van der Waals surface area contributed by atoms with E-state index in [2.05, 4.69) is 20.8 Å². The van der Waals surface area contributed by atoms with Crippen LogP contribution in [0.1, 0.15) is 52.0 Å². The van der Waals surface area contributed by atoms with E-state index in [1.54, 1.807) is 0 Å². The average Bonchev–Trinajstić information content (AvgIpc) is 2.52. The largest absolute Gasteiger partial charge is 0.373 e. The third-order valence-electron chi connectivity index (χ3n) is 4.18. The zero-order chi connectivity index (χ0) is 16.0. The summed E-state index contributed by atoms with van der Waals surface area (Å²) in [6.07, 6.45) is 3.41. The highest BCUT2D eigenvalue weighted by Crippen LogP contribution is 2.37. The van der Waals surface area contributed by atoms with E-state index in [0.29, 0.717) is 19.1 Å². The van der Waals surface area contributed by atoms with E-state index in [9.17, 15) is 4.79 Å². The molecular weight excluding hydrogens is 276 g/mol. The Morgan fingerprint density at radius 1 is 1.27 bits per heavy atom. The van der Waals surface area contributed by atoms with Crippen molar-refractivity contribution in [2.75, 3.05) is 6.61 Å². The first-order valence-corrected chi connectivity index (χ1v) is 8.41. The zero-order valence-electron chi connectivity index (χ0n) is 14.0. The average molecular weight is 304 g/mol. The number of ketones is 1. The van der Waals surface area contributed by atoms with E-state index < -0.39 is 5.60 Å². The molecule has 0 aliphatic carbocycles. The molecule has 2 atom stereocenters. The minimum absolute atomic E-state index is 0.225. The van der Waals surface area contributed by atoms with Gasteiger partial charge < -0.3 is 9.47 Å². The number of carbonyl (C=O) groups is 1. The summed E-state index contributed by atoms with van der Waals surface area (Å²) in [4.78, 5) is 12.6. The van der Waals surface area contributed by atoms with Gasteiger partial charge in [0.25, 0.3) is 0 Å². The number of carbonyl (C=O) groups excluding carboxylic acids is 1. The normalized spacial score (nSPS) is 24.5. The van der Waals surface area contributed by atoms with Crippen molar-refractivity contribution in [2.45, 2.75) is 64.8 Å². The van der Waals surface area contributed by atoms with E-state index >= 15 is 0 Å². The van der Waals surface area contributed by atoms with Crippen LogP contribution in [0.2, 0.25) is 0 Å². The van der Waals surface area contributed by atoms with Crippen molar-refractivity contribution in [3.8, 4) is 0 Å². The number of benzene rings is 1. The van der Waals surface area contributed by atoms with Gasteiger partial charge in [0.1, 0.15) is 6.10 Å². The molecule has 0 aromatic heterocycles. The van der Waals surface area contributed by atoms with Crippen LogP contribution in [0.5, 0.6) is 0 Å². The Bertz CT molecular complexity index is 469. The van der Waals surface area contributed by atoms with Crippen molar-refractivity contribution in [2.24, 2.45) is 5.92 Å². The molecule has 3 nitrogen and oxygen atoms in total. The highest BCUT2D eigenvalue weighted by atomic mass is 16.6. The number of unbranched alkanes of at least 4 members (excludes halogenated alkanes) is 1. The maximum Gasteiger partial charge on any atom is 0.195 e. The lowest BCUT2D eigenvalue weighted by molar-refractivity contribution is -0.220. The van der Waals surface area contributed by atoms with Crippen molar-refractivity contribution >= 4 is 5.78 Å². The number of rotatable bonds is 9. The van der Waals surface area contributed by atoms with Gasteiger partial charge in [-0.3, -0.25) is 4.79 Å². The van der Waals surface area contributed by atoms with E-state index in [4.69, 9.17) is 9.47 Å². The lowest BCUT2D eigenvalue weighted by atomic mass is 9.81. The smallest absolute Gasteiger partial charge is 0.195 e. The molecule has 22 heavy (non-hydrogen) atoms. The Hall–Kier alpha value is -1.19. The molecule has 1 aliphatic rings. The van der Waals surface area contributed by atoms with Crippen LogP contribution >= 0.6 is 0 Å². The number of ether oxygens (including phenoxy) is 2. The Labute approximate surface area is 134 Å². The van der Waals surface area contributed by atoms with Gasteiger partial charge >= 0.3 is 0 Å². The zero-order valence-corrected chi connectivity index (χ0v) is 14.0. The van der Waals surface area contributed by atoms with E-state index in [0.717, 1.165) is 31.2 Å². The van der Waals surface area contributed by atoms with Crippen LogP contribution in [-0.2, 0) is 20.9 Å². The maximum absolute atomic E-state index is 12.6. The van der Waals surface area contributed by atoms with Gasteiger partial charge in [-0.1, -0.05) is 63.9 Å². The van der Waals surface area contributed by atoms with E-state index in [1.165, 1.54) is 0 Å². The van der Waals surface area contributed by atoms with Crippen LogP contribution in [0.25, 0.3) is 0 Å². The van der Waals surface area contributed by atoms with Gasteiger partial charge in [0, 0.05) is 0 Å². The fourth-order valence-electron chi connectivity index (χ4n) is 2.93. The van der Waals surface area contributed by atoms with Crippen molar-refractivity contribution in [3.63, 3.8) is 0 Å². The lowest BCUT2D eigenvalue weighted by Crippen LogP contribution is -2.63. The molecule has 0 bridgehead atoms. The topological polar surface area (TPSA) is 35.5 Å². The molecule has 2 rings (SSSR count). The SMILES string of the molecule is CCCC[C@@]1(COCc2ccccc2)O[C@@H](CC(C)C)C1=O. The summed E-state index contributed by atoms with van der Waals surface area (Å²) in [5.74, 6) is 0.714. The van der Waals surface area contributed by atoms with Gasteiger partial charge in [-0.2, -0.15) is 0 Å². The number of hydrogen-bond donors (Lipinski definition) is 0. The Kier molecular flexibility index (Phi) is 6.16. The number of hydrogen-bond acceptors (Lipinski definition) is 3. The predicted octanol–water partition coefficient (Wildman–Crippen LogP) is 4.15. The third kappa shape index (κ3) is 4.17. The minimum Gasteiger partial charge on any atom is -0.373 e. The fourth-order valence-corrected chi connectivity index (χ4v) is 2.93. The molecule has 0 unspecified atom stereocenters. The molecule has 1 aliphatic heterocycles. The molecule has 1 aromatic rings. The molecule has 0 N–H and O–H groups in total. The van der Waals surface area contributed by atoms with Gasteiger partial charge in [0.2, 0.25) is 0 Å². The van der Waals surface area contributed by atoms with Gasteiger partial charge in [-0.15, -0.1) is 0 Å². The van der Waals surface area contributed by atoms with Gasteiger partial charge in [0.15, 0.2) is 11.4 Å². The molecular formula is C19H28O3. The first-order valence-electron chi connectivity index (χ1n) is 8.41. The van der Waals surface area contributed by atoms with Gasteiger partial charge in [-0.05, 0) is 24.3 Å². The summed E-state index contributed by atoms with van der Waals surface area (Å²) < 4.78 is 11.8. The molecule has 3 heteroatoms. The van der Waals surface area contributed by atoms with Crippen LogP contribution in [0.15, 0.2) is 30.3 Å². The number of Topliss-reactive ketones (excluding diaryl/α,β-unsaturated/α-hetero) is 1. The summed E-state index contributed by atoms with van der Waals surface area (Å²) in [6.45, 7) is 7.27. The van der Waals surface area contributed by atoms with Crippen molar-refractivity contribution in [1.82, 2.24) is 0 Å². The maximum atomic E-state index is 12.6.